The van der Waals surface area contributed by atoms with Crippen molar-refractivity contribution in [2.45, 2.75) is 13.0 Å². The van der Waals surface area contributed by atoms with E-state index in [-0.39, 0.29) is 5.91 Å². The van der Waals surface area contributed by atoms with E-state index in [1.807, 2.05) is 48.5 Å². The van der Waals surface area contributed by atoms with E-state index in [0.717, 1.165) is 49.2 Å². The van der Waals surface area contributed by atoms with E-state index in [0.29, 0.717) is 24.5 Å². The number of para-hydroxylation sites is 1. The number of hydrogen-bond acceptors (Lipinski definition) is 4. The van der Waals surface area contributed by atoms with E-state index in [4.69, 9.17) is 4.74 Å². The molecule has 0 aliphatic carbocycles. The first-order valence-electron chi connectivity index (χ1n) is 9.77. The molecular formula is C22H28BrN3O2. The van der Waals surface area contributed by atoms with Crippen LogP contribution in [0.25, 0.3) is 0 Å². The van der Waals surface area contributed by atoms with E-state index < -0.39 is 0 Å². The molecule has 0 unspecified atom stereocenters. The van der Waals surface area contributed by atoms with E-state index in [1.54, 1.807) is 0 Å². The van der Waals surface area contributed by atoms with Gasteiger partial charge in [0.1, 0.15) is 12.4 Å². The third-order valence-corrected chi connectivity index (χ3v) is 5.44. The van der Waals surface area contributed by atoms with Gasteiger partial charge in [-0.05, 0) is 49.8 Å². The second-order valence-corrected chi connectivity index (χ2v) is 8.08. The molecule has 0 atom stereocenters. The lowest BCUT2D eigenvalue weighted by Crippen LogP contribution is -2.45. The minimum absolute atomic E-state index is 0.0804. The van der Waals surface area contributed by atoms with Gasteiger partial charge in [-0.1, -0.05) is 40.2 Å². The van der Waals surface area contributed by atoms with Gasteiger partial charge in [0.15, 0.2) is 0 Å². The molecule has 0 saturated carbocycles. The van der Waals surface area contributed by atoms with Gasteiger partial charge in [-0.25, -0.2) is 0 Å². The Labute approximate surface area is 175 Å². The molecule has 0 spiro atoms. The van der Waals surface area contributed by atoms with E-state index in [2.05, 4.69) is 38.1 Å². The van der Waals surface area contributed by atoms with E-state index in [9.17, 15) is 4.79 Å². The number of amides is 1. The number of nitrogens with zero attached hydrogens (tertiary/aromatic N) is 2. The number of likely N-dealkylation sites (N-methyl/N-ethyl adjacent to an activating group) is 1. The number of carbonyl (C=O) groups excluding carboxylic acids is 1. The lowest BCUT2D eigenvalue weighted by molar-refractivity contribution is 0.0945. The van der Waals surface area contributed by atoms with Crippen molar-refractivity contribution in [1.82, 2.24) is 15.1 Å². The minimum atomic E-state index is -0.0804. The van der Waals surface area contributed by atoms with Gasteiger partial charge in [-0.15, -0.1) is 0 Å². The molecule has 1 aliphatic rings. The summed E-state index contributed by atoms with van der Waals surface area (Å²) in [6, 6.07) is 15.4. The van der Waals surface area contributed by atoms with Crippen molar-refractivity contribution in [3.8, 4) is 5.75 Å². The average molecular weight is 446 g/mol. The summed E-state index contributed by atoms with van der Waals surface area (Å²) in [6.07, 6.45) is 0.955. The predicted octanol–water partition coefficient (Wildman–Crippen LogP) is 3.40. The van der Waals surface area contributed by atoms with Crippen molar-refractivity contribution in [2.24, 2.45) is 0 Å². The van der Waals surface area contributed by atoms with Crippen LogP contribution in [-0.2, 0) is 6.61 Å². The first-order chi connectivity index (χ1) is 13.6. The summed E-state index contributed by atoms with van der Waals surface area (Å²) in [7, 11) is 2.16. The molecular weight excluding hydrogens is 418 g/mol. The number of benzene rings is 2. The highest BCUT2D eigenvalue weighted by Gasteiger charge is 2.14. The number of hydrogen-bond donors (Lipinski definition) is 1. The summed E-state index contributed by atoms with van der Waals surface area (Å²) < 4.78 is 6.93. The van der Waals surface area contributed by atoms with Crippen LogP contribution in [0.1, 0.15) is 22.3 Å². The smallest absolute Gasteiger partial charge is 0.255 e. The van der Waals surface area contributed by atoms with Crippen molar-refractivity contribution < 1.29 is 9.53 Å². The van der Waals surface area contributed by atoms with Gasteiger partial charge in [-0.2, -0.15) is 0 Å². The van der Waals surface area contributed by atoms with Gasteiger partial charge in [0, 0.05) is 37.2 Å². The Bertz CT molecular complexity index is 776. The molecule has 1 aliphatic heterocycles. The number of carbonyl (C=O) groups is 1. The van der Waals surface area contributed by atoms with Gasteiger partial charge in [-0.3, -0.25) is 4.79 Å². The van der Waals surface area contributed by atoms with Crippen LogP contribution in [0.3, 0.4) is 0 Å². The second-order valence-electron chi connectivity index (χ2n) is 7.17. The fourth-order valence-electron chi connectivity index (χ4n) is 3.24. The van der Waals surface area contributed by atoms with Crippen molar-refractivity contribution in [1.29, 1.82) is 0 Å². The maximum Gasteiger partial charge on any atom is 0.255 e. The largest absolute Gasteiger partial charge is 0.488 e. The normalized spacial score (nSPS) is 15.4. The van der Waals surface area contributed by atoms with Crippen LogP contribution in [0.2, 0.25) is 0 Å². The van der Waals surface area contributed by atoms with Crippen molar-refractivity contribution >= 4 is 21.8 Å². The van der Waals surface area contributed by atoms with Gasteiger partial charge in [0.25, 0.3) is 5.91 Å². The monoisotopic (exact) mass is 445 g/mol. The molecule has 0 aromatic heterocycles. The Hall–Kier alpha value is -1.89. The van der Waals surface area contributed by atoms with Gasteiger partial charge in [0.05, 0.1) is 5.56 Å². The van der Waals surface area contributed by atoms with Crippen LogP contribution in [0.4, 0.5) is 0 Å². The number of nitrogens with one attached hydrogen (secondary N) is 1. The minimum Gasteiger partial charge on any atom is -0.488 e. The summed E-state index contributed by atoms with van der Waals surface area (Å²) in [4.78, 5) is 17.4. The van der Waals surface area contributed by atoms with E-state index in [1.165, 1.54) is 0 Å². The molecule has 0 bridgehead atoms. The first kappa shape index (κ1) is 20.8. The number of ether oxygens (including phenoxy) is 1. The van der Waals surface area contributed by atoms with Gasteiger partial charge >= 0.3 is 0 Å². The standard InChI is InChI=1S/C22H28BrN3O2/c1-25-12-14-26(15-13-25)11-5-10-24-22(27)20-8-2-3-9-21(20)28-17-18-6-4-7-19(23)16-18/h2-4,6-9,16H,5,10-15,17H2,1H3,(H,24,27). The van der Waals surface area contributed by atoms with Crippen LogP contribution >= 0.6 is 15.9 Å². The zero-order valence-electron chi connectivity index (χ0n) is 16.4. The Morgan fingerprint density at radius 1 is 1.11 bits per heavy atom. The lowest BCUT2D eigenvalue weighted by atomic mass is 10.2. The molecule has 0 radical (unpaired) electrons. The molecule has 1 amide bonds. The molecule has 2 aromatic carbocycles. The third-order valence-electron chi connectivity index (χ3n) is 4.95. The van der Waals surface area contributed by atoms with E-state index >= 15 is 0 Å². The molecule has 1 saturated heterocycles. The van der Waals surface area contributed by atoms with Gasteiger partial charge in [0.2, 0.25) is 0 Å². The molecule has 2 aromatic rings. The number of rotatable bonds is 8. The highest BCUT2D eigenvalue weighted by Crippen LogP contribution is 2.20. The predicted molar refractivity (Wildman–Crippen MR) is 116 cm³/mol. The number of piperazine rings is 1. The van der Waals surface area contributed by atoms with Gasteiger partial charge < -0.3 is 19.9 Å². The molecule has 1 heterocycles. The maximum absolute atomic E-state index is 12.6. The Kier molecular flexibility index (Phi) is 7.89. The Balaban J connectivity index is 1.47. The fourth-order valence-corrected chi connectivity index (χ4v) is 3.69. The van der Waals surface area contributed by atoms with Crippen molar-refractivity contribution in [3.05, 3.63) is 64.1 Å². The van der Waals surface area contributed by atoms with Crippen LogP contribution in [0.15, 0.2) is 53.0 Å². The molecule has 3 rings (SSSR count). The Morgan fingerprint density at radius 3 is 2.68 bits per heavy atom. The third kappa shape index (κ3) is 6.33. The second kappa shape index (κ2) is 10.6. The Morgan fingerprint density at radius 2 is 1.89 bits per heavy atom. The van der Waals surface area contributed by atoms with Crippen LogP contribution in [0, 0.1) is 0 Å². The summed E-state index contributed by atoms with van der Waals surface area (Å²) >= 11 is 3.47. The van der Waals surface area contributed by atoms with Crippen LogP contribution in [-0.4, -0.2) is 62.0 Å². The SMILES string of the molecule is CN1CCN(CCCNC(=O)c2ccccc2OCc2cccc(Br)c2)CC1. The fraction of sp³-hybridized carbons (Fsp3) is 0.409. The first-order valence-corrected chi connectivity index (χ1v) is 10.6. The molecule has 5 nitrogen and oxygen atoms in total. The van der Waals surface area contributed by atoms with Crippen LogP contribution in [0.5, 0.6) is 5.75 Å². The molecule has 1 fully saturated rings. The quantitative estimate of drug-likeness (QED) is 0.632. The summed E-state index contributed by atoms with van der Waals surface area (Å²) in [5.74, 6) is 0.530. The van der Waals surface area contributed by atoms with Crippen molar-refractivity contribution in [3.63, 3.8) is 0 Å². The highest BCUT2D eigenvalue weighted by molar-refractivity contribution is 9.10. The molecule has 1 N–H and O–H groups in total. The average Bonchev–Trinajstić information content (AvgIpc) is 2.71. The number of halogens is 1. The molecule has 28 heavy (non-hydrogen) atoms. The zero-order valence-corrected chi connectivity index (χ0v) is 18.0. The lowest BCUT2D eigenvalue weighted by Gasteiger charge is -2.32. The molecule has 150 valence electrons. The van der Waals surface area contributed by atoms with Crippen LogP contribution < -0.4 is 10.1 Å². The summed E-state index contributed by atoms with van der Waals surface area (Å²) in [5.41, 5.74) is 1.63. The zero-order chi connectivity index (χ0) is 19.8. The summed E-state index contributed by atoms with van der Waals surface area (Å²) in [5, 5.41) is 3.03. The topological polar surface area (TPSA) is 44.8 Å². The highest BCUT2D eigenvalue weighted by atomic mass is 79.9. The summed E-state index contributed by atoms with van der Waals surface area (Å²) in [6.45, 7) is 6.57. The van der Waals surface area contributed by atoms with Crippen molar-refractivity contribution in [2.75, 3.05) is 46.3 Å². The maximum atomic E-state index is 12.6. The molecule has 6 heteroatoms.